The van der Waals surface area contributed by atoms with E-state index in [4.69, 9.17) is 14.2 Å². The van der Waals surface area contributed by atoms with E-state index in [1.807, 2.05) is 0 Å². The molecule has 1 unspecified atom stereocenters. The van der Waals surface area contributed by atoms with E-state index in [2.05, 4.69) is 106 Å². The second-order valence-electron chi connectivity index (χ2n) is 23.1. The highest BCUT2D eigenvalue weighted by molar-refractivity contribution is 5.71. The predicted molar refractivity (Wildman–Crippen MR) is 348 cm³/mol. The molecular weight excluding hydrogens is 985 g/mol. The summed E-state index contributed by atoms with van der Waals surface area (Å²) in [5.41, 5.74) is 0. The van der Waals surface area contributed by atoms with Crippen molar-refractivity contribution in [2.75, 3.05) is 13.2 Å². The van der Waals surface area contributed by atoms with Gasteiger partial charge >= 0.3 is 17.9 Å². The first-order valence-electron chi connectivity index (χ1n) is 34.6. The van der Waals surface area contributed by atoms with Crippen molar-refractivity contribution in [1.29, 1.82) is 0 Å². The number of allylic oxidation sites excluding steroid dienone is 14. The minimum atomic E-state index is -0.790. The Morgan fingerprint density at radius 2 is 0.487 bits per heavy atom. The summed E-state index contributed by atoms with van der Waals surface area (Å²) >= 11 is 0. The van der Waals surface area contributed by atoms with Crippen LogP contribution in [0.1, 0.15) is 348 Å². The summed E-state index contributed by atoms with van der Waals surface area (Å²) in [5, 5.41) is 0. The van der Waals surface area contributed by atoms with Gasteiger partial charge in [0.1, 0.15) is 13.2 Å². The maximum absolute atomic E-state index is 12.9. The third-order valence-corrected chi connectivity index (χ3v) is 15.1. The zero-order valence-corrected chi connectivity index (χ0v) is 53.1. The highest BCUT2D eigenvalue weighted by Gasteiger charge is 2.19. The van der Waals surface area contributed by atoms with Crippen molar-refractivity contribution in [2.45, 2.75) is 354 Å². The van der Waals surface area contributed by atoms with Crippen LogP contribution in [0.15, 0.2) is 85.1 Å². The molecule has 0 aliphatic carbocycles. The molecule has 6 nitrogen and oxygen atoms in total. The molecular formula is C74H130O6. The monoisotopic (exact) mass is 1110 g/mol. The molecule has 0 radical (unpaired) electrons. The summed E-state index contributed by atoms with van der Waals surface area (Å²) < 4.78 is 16.9. The maximum atomic E-state index is 12.9. The molecule has 0 rings (SSSR count). The van der Waals surface area contributed by atoms with Crippen LogP contribution < -0.4 is 0 Å². The van der Waals surface area contributed by atoms with E-state index in [0.717, 1.165) is 109 Å². The van der Waals surface area contributed by atoms with Gasteiger partial charge in [-0.3, -0.25) is 14.4 Å². The SMILES string of the molecule is CC/C=C\C/C=C\C/C=C\C/C=C\C/C=C\C/C=C\CCCCCCC(=O)OC(COC(=O)CCCCCCCCCCCCCC)COC(=O)CCCCCCCCCCCCCCCCC/C=C\CCCCCCCCCC. The number of esters is 3. The van der Waals surface area contributed by atoms with Gasteiger partial charge in [0, 0.05) is 19.3 Å². The first-order chi connectivity index (χ1) is 39.5. The number of carbonyl (C=O) groups excluding carboxylic acids is 3. The Labute approximate surface area is 496 Å². The number of ether oxygens (including phenoxy) is 3. The smallest absolute Gasteiger partial charge is 0.306 e. The number of carbonyl (C=O) groups is 3. The van der Waals surface area contributed by atoms with Gasteiger partial charge in [-0.2, -0.15) is 0 Å². The zero-order valence-electron chi connectivity index (χ0n) is 53.1. The standard InChI is InChI=1S/C74H130O6/c1-4-7-10-13-16-19-22-25-27-29-31-33-35-36-37-38-40-41-43-45-47-49-52-55-58-61-64-67-73(76)79-70-71(69-78-72(75)66-63-60-57-54-51-24-21-18-15-12-9-6-3)80-74(77)68-65-62-59-56-53-50-48-46-44-42-39-34-32-30-28-26-23-20-17-14-11-8-5-2/h8,11,17,20,26,28-29,31-32,34,42,44,48,50,71H,4-7,9-10,12-16,18-19,21-25,27,30,33,35-41,43,45-47,49,51-70H2,1-3H3/b11-8-,20-17-,28-26-,31-29-,34-32-,44-42-,50-48-. The van der Waals surface area contributed by atoms with Crippen molar-refractivity contribution in [3.63, 3.8) is 0 Å². The third kappa shape index (κ3) is 65.4. The number of hydrogen-bond donors (Lipinski definition) is 0. The van der Waals surface area contributed by atoms with Crippen molar-refractivity contribution < 1.29 is 28.6 Å². The highest BCUT2D eigenvalue weighted by atomic mass is 16.6. The average molecular weight is 1120 g/mol. The van der Waals surface area contributed by atoms with Gasteiger partial charge in [0.05, 0.1) is 0 Å². The molecule has 0 amide bonds. The summed E-state index contributed by atoms with van der Waals surface area (Å²) in [6.07, 6.45) is 90.4. The van der Waals surface area contributed by atoms with Gasteiger partial charge in [-0.25, -0.2) is 0 Å². The van der Waals surface area contributed by atoms with Gasteiger partial charge in [-0.1, -0.05) is 318 Å². The lowest BCUT2D eigenvalue weighted by Gasteiger charge is -2.18. The molecule has 0 spiro atoms. The third-order valence-electron chi connectivity index (χ3n) is 15.1. The normalized spacial score (nSPS) is 12.6. The maximum Gasteiger partial charge on any atom is 0.306 e. The lowest BCUT2D eigenvalue weighted by molar-refractivity contribution is -0.167. The fourth-order valence-corrected chi connectivity index (χ4v) is 9.97. The topological polar surface area (TPSA) is 78.9 Å². The molecule has 0 aromatic rings. The first-order valence-corrected chi connectivity index (χ1v) is 34.6. The Morgan fingerprint density at radius 1 is 0.263 bits per heavy atom. The van der Waals surface area contributed by atoms with Gasteiger partial charge < -0.3 is 14.2 Å². The fraction of sp³-hybridized carbons (Fsp3) is 0.770. The van der Waals surface area contributed by atoms with E-state index in [1.165, 1.54) is 199 Å². The Morgan fingerprint density at radius 3 is 0.775 bits per heavy atom. The molecule has 0 heterocycles. The molecule has 0 aromatic heterocycles. The molecule has 0 aliphatic heterocycles. The van der Waals surface area contributed by atoms with Gasteiger partial charge in [0.2, 0.25) is 0 Å². The van der Waals surface area contributed by atoms with Gasteiger partial charge in [-0.15, -0.1) is 0 Å². The average Bonchev–Trinajstić information content (AvgIpc) is 3.46. The predicted octanol–water partition coefficient (Wildman–Crippen LogP) is 23.8. The minimum absolute atomic E-state index is 0.0835. The molecule has 0 N–H and O–H groups in total. The van der Waals surface area contributed by atoms with E-state index in [0.29, 0.717) is 19.3 Å². The summed E-state index contributed by atoms with van der Waals surface area (Å²) in [4.78, 5) is 38.4. The van der Waals surface area contributed by atoms with E-state index in [1.54, 1.807) is 0 Å². The Kier molecular flexibility index (Phi) is 65.2. The van der Waals surface area contributed by atoms with Crippen LogP contribution in [0.2, 0.25) is 0 Å². The summed E-state index contributed by atoms with van der Waals surface area (Å²) in [7, 11) is 0. The summed E-state index contributed by atoms with van der Waals surface area (Å²) in [5.74, 6) is -0.892. The van der Waals surface area contributed by atoms with Crippen LogP contribution in [0.5, 0.6) is 0 Å². The number of unbranched alkanes of at least 4 members (excludes halogenated alkanes) is 38. The second kappa shape index (κ2) is 68.1. The molecule has 0 saturated heterocycles. The first kappa shape index (κ1) is 76.6. The Balaban J connectivity index is 4.29. The van der Waals surface area contributed by atoms with Crippen LogP contribution in [0.25, 0.3) is 0 Å². The van der Waals surface area contributed by atoms with Crippen molar-refractivity contribution in [1.82, 2.24) is 0 Å². The van der Waals surface area contributed by atoms with Crippen LogP contribution in [0, 0.1) is 0 Å². The van der Waals surface area contributed by atoms with Gasteiger partial charge in [-0.05, 0) is 96.3 Å². The van der Waals surface area contributed by atoms with Gasteiger partial charge in [0.25, 0.3) is 0 Å². The molecule has 6 heteroatoms. The molecule has 0 saturated carbocycles. The molecule has 0 aromatic carbocycles. The van der Waals surface area contributed by atoms with Crippen molar-refractivity contribution in [3.05, 3.63) is 85.1 Å². The van der Waals surface area contributed by atoms with E-state index < -0.39 is 6.10 Å². The quantitative estimate of drug-likeness (QED) is 0.0261. The molecule has 80 heavy (non-hydrogen) atoms. The molecule has 462 valence electrons. The number of rotatable bonds is 63. The Hall–Kier alpha value is -3.41. The highest BCUT2D eigenvalue weighted by Crippen LogP contribution is 2.17. The Bertz CT molecular complexity index is 1520. The zero-order chi connectivity index (χ0) is 57.8. The minimum Gasteiger partial charge on any atom is -0.462 e. The van der Waals surface area contributed by atoms with Crippen LogP contribution in [0.3, 0.4) is 0 Å². The summed E-state index contributed by atoms with van der Waals surface area (Å²) in [6, 6.07) is 0. The van der Waals surface area contributed by atoms with Crippen molar-refractivity contribution >= 4 is 17.9 Å². The molecule has 0 fully saturated rings. The molecule has 0 bridgehead atoms. The summed E-state index contributed by atoms with van der Waals surface area (Å²) in [6.45, 7) is 6.55. The van der Waals surface area contributed by atoms with E-state index >= 15 is 0 Å². The van der Waals surface area contributed by atoms with Crippen LogP contribution in [-0.4, -0.2) is 37.2 Å². The van der Waals surface area contributed by atoms with Crippen molar-refractivity contribution in [2.24, 2.45) is 0 Å². The van der Waals surface area contributed by atoms with Crippen molar-refractivity contribution in [3.8, 4) is 0 Å². The number of hydrogen-bond acceptors (Lipinski definition) is 6. The van der Waals surface area contributed by atoms with E-state index in [-0.39, 0.29) is 31.1 Å². The largest absolute Gasteiger partial charge is 0.462 e. The van der Waals surface area contributed by atoms with Gasteiger partial charge in [0.15, 0.2) is 6.10 Å². The molecule has 1 atom stereocenters. The second-order valence-corrected chi connectivity index (χ2v) is 23.1. The lowest BCUT2D eigenvalue weighted by atomic mass is 10.0. The molecule has 0 aliphatic rings. The van der Waals surface area contributed by atoms with Crippen LogP contribution in [0.4, 0.5) is 0 Å². The lowest BCUT2D eigenvalue weighted by Crippen LogP contribution is -2.30. The fourth-order valence-electron chi connectivity index (χ4n) is 9.97. The van der Waals surface area contributed by atoms with E-state index in [9.17, 15) is 14.4 Å². The van der Waals surface area contributed by atoms with Crippen LogP contribution in [-0.2, 0) is 28.6 Å². The van der Waals surface area contributed by atoms with Crippen LogP contribution >= 0.6 is 0 Å².